The fourth-order valence-electron chi connectivity index (χ4n) is 3.32. The highest BCUT2D eigenvalue weighted by molar-refractivity contribution is 9.10. The zero-order valence-electron chi connectivity index (χ0n) is 13.0. The van der Waals surface area contributed by atoms with Gasteiger partial charge in [0.05, 0.1) is 6.04 Å². The van der Waals surface area contributed by atoms with Gasteiger partial charge in [0.25, 0.3) is 0 Å². The van der Waals surface area contributed by atoms with E-state index in [1.807, 2.05) is 18.2 Å². The van der Waals surface area contributed by atoms with E-state index in [0.29, 0.717) is 0 Å². The summed E-state index contributed by atoms with van der Waals surface area (Å²) < 4.78 is 1.03. The molecule has 2 heterocycles. The Labute approximate surface area is 149 Å². The molecule has 0 radical (unpaired) electrons. The third-order valence-corrected chi connectivity index (χ3v) is 6.17. The van der Waals surface area contributed by atoms with E-state index in [9.17, 15) is 9.90 Å². The van der Waals surface area contributed by atoms with Crippen LogP contribution in [0.5, 0.6) is 0 Å². The van der Waals surface area contributed by atoms with Gasteiger partial charge in [-0.15, -0.1) is 11.3 Å². The van der Waals surface area contributed by atoms with Crippen molar-refractivity contribution >= 4 is 33.2 Å². The number of likely N-dealkylation sites (tertiary alicyclic amines) is 1. The average molecular weight is 394 g/mol. The Morgan fingerprint density at radius 1 is 1.30 bits per heavy atom. The molecule has 5 heteroatoms. The van der Waals surface area contributed by atoms with E-state index in [4.69, 9.17) is 0 Å². The maximum absolute atomic E-state index is 11.8. The second-order valence-corrected chi connectivity index (χ2v) is 8.13. The van der Waals surface area contributed by atoms with Crippen LogP contribution in [0.4, 0.5) is 0 Å². The lowest BCUT2D eigenvalue weighted by atomic mass is 9.95. The maximum Gasteiger partial charge on any atom is 0.320 e. The largest absolute Gasteiger partial charge is 0.480 e. The molecular formula is C18H20BrNO2S. The normalized spacial score (nSPS) is 20.3. The van der Waals surface area contributed by atoms with E-state index < -0.39 is 12.0 Å². The second-order valence-electron chi connectivity index (χ2n) is 5.96. The van der Waals surface area contributed by atoms with Crippen LogP contribution in [0.15, 0.2) is 40.9 Å². The Bertz CT molecular complexity index is 700. The van der Waals surface area contributed by atoms with Gasteiger partial charge in [-0.1, -0.05) is 40.5 Å². The molecule has 1 N–H and O–H groups in total. The molecule has 3 nitrogen and oxygen atoms in total. The molecule has 122 valence electrons. The first-order valence-electron chi connectivity index (χ1n) is 7.87. The molecule has 0 amide bonds. The van der Waals surface area contributed by atoms with Crippen molar-refractivity contribution in [1.29, 1.82) is 0 Å². The molecule has 23 heavy (non-hydrogen) atoms. The van der Waals surface area contributed by atoms with Crippen LogP contribution in [-0.4, -0.2) is 28.6 Å². The third-order valence-electron chi connectivity index (χ3n) is 4.39. The number of aryl methyl sites for hydroxylation is 1. The standard InChI is InChI=1S/C18H20BrNO2S/c1-12-9-10-16(23-12)17(13-6-2-3-7-14(13)19)20-11-5-4-8-15(20)18(21)22/h2-3,6-7,9-10,15,17H,4-5,8,11H2,1H3,(H,21,22). The number of hydrogen-bond acceptors (Lipinski definition) is 3. The molecule has 0 aliphatic carbocycles. The molecule has 2 aromatic rings. The lowest BCUT2D eigenvalue weighted by molar-refractivity contribution is -0.145. The smallest absolute Gasteiger partial charge is 0.320 e. The molecule has 0 bridgehead atoms. The van der Waals surface area contributed by atoms with Crippen molar-refractivity contribution in [1.82, 2.24) is 4.90 Å². The molecule has 1 fully saturated rings. The SMILES string of the molecule is Cc1ccc(C(c2ccccc2Br)N2CCCCC2C(=O)O)s1. The molecule has 1 aromatic heterocycles. The molecule has 2 unspecified atom stereocenters. The molecule has 3 rings (SSSR count). The fraction of sp³-hybridized carbons (Fsp3) is 0.389. The Morgan fingerprint density at radius 3 is 2.74 bits per heavy atom. The molecule has 1 aliphatic rings. The van der Waals surface area contributed by atoms with Crippen molar-refractivity contribution in [2.45, 2.75) is 38.3 Å². The Morgan fingerprint density at radius 2 is 2.09 bits per heavy atom. The average Bonchev–Trinajstić information content (AvgIpc) is 2.96. The molecule has 1 aliphatic heterocycles. The van der Waals surface area contributed by atoms with Gasteiger partial charge in [-0.3, -0.25) is 9.69 Å². The van der Waals surface area contributed by atoms with E-state index in [2.05, 4.69) is 46.0 Å². The van der Waals surface area contributed by atoms with Gasteiger partial charge in [0, 0.05) is 14.2 Å². The summed E-state index contributed by atoms with van der Waals surface area (Å²) in [5.41, 5.74) is 1.14. The van der Waals surface area contributed by atoms with Crippen molar-refractivity contribution in [3.63, 3.8) is 0 Å². The van der Waals surface area contributed by atoms with Gasteiger partial charge < -0.3 is 5.11 Å². The van der Waals surface area contributed by atoms with Crippen LogP contribution >= 0.6 is 27.3 Å². The molecule has 0 saturated carbocycles. The Balaban J connectivity index is 2.08. The number of carbonyl (C=O) groups is 1. The van der Waals surface area contributed by atoms with Crippen LogP contribution in [0, 0.1) is 6.92 Å². The summed E-state index contributed by atoms with van der Waals surface area (Å²) in [5.74, 6) is -0.713. The zero-order chi connectivity index (χ0) is 16.4. The highest BCUT2D eigenvalue weighted by Crippen LogP contribution is 2.39. The number of aliphatic carboxylic acids is 1. The molecule has 0 spiro atoms. The van der Waals surface area contributed by atoms with Crippen molar-refractivity contribution in [2.24, 2.45) is 0 Å². The van der Waals surface area contributed by atoms with Crippen LogP contribution in [0.2, 0.25) is 0 Å². The summed E-state index contributed by atoms with van der Waals surface area (Å²) in [4.78, 5) is 16.4. The van der Waals surface area contributed by atoms with Crippen molar-refractivity contribution in [2.75, 3.05) is 6.54 Å². The monoisotopic (exact) mass is 393 g/mol. The molecule has 1 aromatic carbocycles. The van der Waals surface area contributed by atoms with Crippen LogP contribution < -0.4 is 0 Å². The predicted molar refractivity (Wildman–Crippen MR) is 97.0 cm³/mol. The van der Waals surface area contributed by atoms with E-state index in [-0.39, 0.29) is 6.04 Å². The van der Waals surface area contributed by atoms with Gasteiger partial charge in [-0.2, -0.15) is 0 Å². The number of carboxylic acids is 1. The quantitative estimate of drug-likeness (QED) is 0.806. The van der Waals surface area contributed by atoms with Crippen molar-refractivity contribution in [3.05, 3.63) is 56.2 Å². The first-order chi connectivity index (χ1) is 11.1. The minimum Gasteiger partial charge on any atom is -0.480 e. The summed E-state index contributed by atoms with van der Waals surface area (Å²) in [5, 5.41) is 9.68. The number of benzene rings is 1. The minimum atomic E-state index is -0.713. The van der Waals surface area contributed by atoms with Gasteiger partial charge in [0.1, 0.15) is 6.04 Å². The van der Waals surface area contributed by atoms with Gasteiger partial charge in [0.2, 0.25) is 0 Å². The number of halogens is 1. The van der Waals surface area contributed by atoms with Crippen molar-refractivity contribution < 1.29 is 9.90 Å². The number of hydrogen-bond donors (Lipinski definition) is 1. The van der Waals surface area contributed by atoms with E-state index >= 15 is 0 Å². The lowest BCUT2D eigenvalue weighted by Crippen LogP contribution is -2.46. The van der Waals surface area contributed by atoms with Gasteiger partial charge in [0.15, 0.2) is 0 Å². The number of thiophene rings is 1. The highest BCUT2D eigenvalue weighted by Gasteiger charge is 2.36. The number of nitrogens with zero attached hydrogens (tertiary/aromatic N) is 1. The number of piperidine rings is 1. The Kier molecular flexibility index (Phi) is 5.19. The summed E-state index contributed by atoms with van der Waals surface area (Å²) in [6, 6.07) is 12.0. The second kappa shape index (κ2) is 7.16. The van der Waals surface area contributed by atoms with Crippen LogP contribution in [0.3, 0.4) is 0 Å². The highest BCUT2D eigenvalue weighted by atomic mass is 79.9. The zero-order valence-corrected chi connectivity index (χ0v) is 15.4. The third kappa shape index (κ3) is 3.52. The molecular weight excluding hydrogens is 374 g/mol. The van der Waals surface area contributed by atoms with Gasteiger partial charge in [-0.25, -0.2) is 0 Å². The van der Waals surface area contributed by atoms with E-state index in [1.54, 1.807) is 11.3 Å². The fourth-order valence-corrected chi connectivity index (χ4v) is 4.84. The lowest BCUT2D eigenvalue weighted by Gasteiger charge is -2.39. The molecule has 2 atom stereocenters. The summed E-state index contributed by atoms with van der Waals surface area (Å²) >= 11 is 5.41. The van der Waals surface area contributed by atoms with Gasteiger partial charge >= 0.3 is 5.97 Å². The predicted octanol–water partition coefficient (Wildman–Crippen LogP) is 4.85. The summed E-state index contributed by atoms with van der Waals surface area (Å²) in [6.07, 6.45) is 2.76. The number of rotatable bonds is 4. The summed E-state index contributed by atoms with van der Waals surface area (Å²) in [7, 11) is 0. The topological polar surface area (TPSA) is 40.5 Å². The van der Waals surface area contributed by atoms with E-state index in [0.717, 1.165) is 35.8 Å². The van der Waals surface area contributed by atoms with Crippen LogP contribution in [-0.2, 0) is 4.79 Å². The Hall–Kier alpha value is -1.17. The summed E-state index contributed by atoms with van der Waals surface area (Å²) in [6.45, 7) is 2.91. The first kappa shape index (κ1) is 16.7. The van der Waals surface area contributed by atoms with Crippen LogP contribution in [0.25, 0.3) is 0 Å². The molecule has 1 saturated heterocycles. The number of carboxylic acid groups (broad SMARTS) is 1. The minimum absolute atomic E-state index is 0.00863. The first-order valence-corrected chi connectivity index (χ1v) is 9.48. The van der Waals surface area contributed by atoms with Crippen molar-refractivity contribution in [3.8, 4) is 0 Å². The maximum atomic E-state index is 11.8. The van der Waals surface area contributed by atoms with E-state index in [1.165, 1.54) is 9.75 Å². The van der Waals surface area contributed by atoms with Gasteiger partial charge in [-0.05, 0) is 50.1 Å². The van der Waals surface area contributed by atoms with Crippen LogP contribution in [0.1, 0.15) is 40.6 Å².